The van der Waals surface area contributed by atoms with Crippen molar-refractivity contribution in [2.45, 2.75) is 77.6 Å². The van der Waals surface area contributed by atoms with Crippen LogP contribution in [0, 0.1) is 11.7 Å². The van der Waals surface area contributed by atoms with Crippen LogP contribution in [-0.4, -0.2) is 5.97 Å². The van der Waals surface area contributed by atoms with E-state index in [9.17, 15) is 9.18 Å². The lowest BCUT2D eigenvalue weighted by Crippen LogP contribution is -2.14. The van der Waals surface area contributed by atoms with Crippen molar-refractivity contribution in [3.05, 3.63) is 65.0 Å². The first-order chi connectivity index (χ1) is 14.1. The van der Waals surface area contributed by atoms with E-state index >= 15 is 0 Å². The summed E-state index contributed by atoms with van der Waals surface area (Å²) >= 11 is 0. The van der Waals surface area contributed by atoms with Gasteiger partial charge in [-0.25, -0.2) is 9.18 Å². The Morgan fingerprint density at radius 1 is 1.00 bits per heavy atom. The highest BCUT2D eigenvalue weighted by Gasteiger charge is 2.22. The van der Waals surface area contributed by atoms with Gasteiger partial charge in [0.15, 0.2) is 11.6 Å². The number of rotatable bonds is 8. The van der Waals surface area contributed by atoms with Crippen LogP contribution in [0.4, 0.5) is 4.39 Å². The van der Waals surface area contributed by atoms with Crippen molar-refractivity contribution < 1.29 is 13.9 Å². The minimum Gasteiger partial charge on any atom is -0.420 e. The molecule has 0 spiro atoms. The van der Waals surface area contributed by atoms with E-state index in [2.05, 4.69) is 6.92 Å². The fourth-order valence-electron chi connectivity index (χ4n) is 4.36. The summed E-state index contributed by atoms with van der Waals surface area (Å²) in [6.07, 6.45) is 11.2. The highest BCUT2D eigenvalue weighted by atomic mass is 19.1. The predicted molar refractivity (Wildman–Crippen MR) is 116 cm³/mol. The van der Waals surface area contributed by atoms with Crippen LogP contribution in [-0.2, 0) is 6.42 Å². The molecule has 29 heavy (non-hydrogen) atoms. The Morgan fingerprint density at radius 3 is 2.34 bits per heavy atom. The molecule has 0 amide bonds. The Bertz CT molecular complexity index is 789. The molecule has 0 aliphatic heterocycles. The van der Waals surface area contributed by atoms with Gasteiger partial charge in [0.25, 0.3) is 0 Å². The third kappa shape index (κ3) is 5.91. The van der Waals surface area contributed by atoms with Crippen molar-refractivity contribution in [1.29, 1.82) is 0 Å². The van der Waals surface area contributed by atoms with Crippen LogP contribution in [0.25, 0.3) is 0 Å². The van der Waals surface area contributed by atoms with Gasteiger partial charge in [-0.15, -0.1) is 0 Å². The number of halogens is 1. The number of carbonyl (C=O) groups is 1. The number of hydrogen-bond donors (Lipinski definition) is 0. The maximum absolute atomic E-state index is 14.1. The maximum atomic E-state index is 14.1. The molecule has 0 saturated heterocycles. The van der Waals surface area contributed by atoms with E-state index in [1.54, 1.807) is 6.07 Å². The minimum atomic E-state index is -0.515. The highest BCUT2D eigenvalue weighted by molar-refractivity contribution is 5.91. The van der Waals surface area contributed by atoms with Crippen molar-refractivity contribution in [2.24, 2.45) is 5.92 Å². The Hall–Kier alpha value is -2.16. The molecule has 0 radical (unpaired) electrons. The molecule has 1 aliphatic carbocycles. The number of ether oxygens (including phenoxy) is 1. The summed E-state index contributed by atoms with van der Waals surface area (Å²) in [6.45, 7) is 4.22. The monoisotopic (exact) mass is 396 g/mol. The third-order valence-electron chi connectivity index (χ3n) is 6.29. The first-order valence-corrected chi connectivity index (χ1v) is 11.2. The van der Waals surface area contributed by atoms with Gasteiger partial charge >= 0.3 is 5.97 Å². The Balaban J connectivity index is 1.54. The van der Waals surface area contributed by atoms with Crippen molar-refractivity contribution >= 4 is 5.97 Å². The molecule has 0 bridgehead atoms. The van der Waals surface area contributed by atoms with E-state index in [4.69, 9.17) is 4.74 Å². The van der Waals surface area contributed by atoms with Crippen molar-refractivity contribution in [2.75, 3.05) is 0 Å². The molecule has 2 aromatic rings. The summed E-state index contributed by atoms with van der Waals surface area (Å²) in [6, 6.07) is 12.4. The average Bonchev–Trinajstić information content (AvgIpc) is 2.76. The zero-order valence-electron chi connectivity index (χ0n) is 17.8. The van der Waals surface area contributed by atoms with Crippen LogP contribution in [0.5, 0.6) is 5.75 Å². The van der Waals surface area contributed by atoms with Gasteiger partial charge in [-0.2, -0.15) is 0 Å². The van der Waals surface area contributed by atoms with E-state index in [0.717, 1.165) is 17.9 Å². The maximum Gasteiger partial charge on any atom is 0.343 e. The molecule has 0 atom stereocenters. The number of aryl methyl sites for hydroxylation is 1. The zero-order valence-corrected chi connectivity index (χ0v) is 17.8. The Morgan fingerprint density at radius 2 is 1.72 bits per heavy atom. The molecular formula is C26H33FO2. The molecule has 0 heterocycles. The molecule has 1 fully saturated rings. The van der Waals surface area contributed by atoms with Crippen molar-refractivity contribution in [3.63, 3.8) is 0 Å². The standard InChI is InChI=1S/C26H33FO2/c1-3-5-6-7-20-8-11-21(12-9-20)22-13-15-23(16-14-22)26(28)29-25-17-10-19(4-2)18-24(25)27/h10,13-18,20-21H,3-9,11-12H2,1-2H3. The number of benzene rings is 2. The van der Waals surface area contributed by atoms with E-state index in [1.165, 1.54) is 69.1 Å². The van der Waals surface area contributed by atoms with E-state index in [1.807, 2.05) is 31.2 Å². The zero-order chi connectivity index (χ0) is 20.6. The number of hydrogen-bond acceptors (Lipinski definition) is 2. The molecule has 1 saturated carbocycles. The van der Waals surface area contributed by atoms with Crippen LogP contribution in [0.1, 0.15) is 92.6 Å². The average molecular weight is 397 g/mol. The lowest BCUT2D eigenvalue weighted by molar-refractivity contribution is 0.0727. The molecule has 3 heteroatoms. The van der Waals surface area contributed by atoms with Gasteiger partial charge in [-0.3, -0.25) is 0 Å². The van der Waals surface area contributed by atoms with E-state index in [0.29, 0.717) is 11.5 Å². The number of esters is 1. The molecule has 156 valence electrons. The quantitative estimate of drug-likeness (QED) is 0.263. The third-order valence-corrected chi connectivity index (χ3v) is 6.29. The molecule has 0 unspecified atom stereocenters. The minimum absolute atomic E-state index is 0.0160. The first kappa shape index (κ1) is 21.5. The second-order valence-electron chi connectivity index (χ2n) is 8.34. The van der Waals surface area contributed by atoms with E-state index < -0.39 is 11.8 Å². The number of unbranched alkanes of at least 4 members (excludes halogenated alkanes) is 2. The molecule has 2 aromatic carbocycles. The largest absolute Gasteiger partial charge is 0.420 e. The fourth-order valence-corrected chi connectivity index (χ4v) is 4.36. The van der Waals surface area contributed by atoms with E-state index in [-0.39, 0.29) is 5.75 Å². The van der Waals surface area contributed by atoms with Crippen LogP contribution in [0.3, 0.4) is 0 Å². The molecule has 1 aliphatic rings. The summed E-state index contributed by atoms with van der Waals surface area (Å²) in [5, 5.41) is 0. The second-order valence-corrected chi connectivity index (χ2v) is 8.34. The van der Waals surface area contributed by atoms with Crippen LogP contribution < -0.4 is 4.74 Å². The lowest BCUT2D eigenvalue weighted by atomic mass is 9.77. The Kier molecular flexibility index (Phi) is 7.85. The van der Waals surface area contributed by atoms with Gasteiger partial charge < -0.3 is 4.74 Å². The normalized spacial score (nSPS) is 19.1. The van der Waals surface area contributed by atoms with Crippen LogP contribution in [0.15, 0.2) is 42.5 Å². The highest BCUT2D eigenvalue weighted by Crippen LogP contribution is 2.37. The SMILES string of the molecule is CCCCCC1CCC(c2ccc(C(=O)Oc3ccc(CC)cc3F)cc2)CC1. The molecule has 2 nitrogen and oxygen atoms in total. The lowest BCUT2D eigenvalue weighted by Gasteiger charge is -2.29. The Labute approximate surface area is 174 Å². The summed E-state index contributed by atoms with van der Waals surface area (Å²) < 4.78 is 19.3. The van der Waals surface area contributed by atoms with Gasteiger partial charge in [0.2, 0.25) is 0 Å². The number of carbonyl (C=O) groups excluding carboxylic acids is 1. The summed E-state index contributed by atoms with van der Waals surface area (Å²) in [5.41, 5.74) is 2.64. The van der Waals surface area contributed by atoms with Gasteiger partial charge in [0.05, 0.1) is 5.56 Å². The summed E-state index contributed by atoms with van der Waals surface area (Å²) in [5.74, 6) is 0.449. The van der Waals surface area contributed by atoms with Gasteiger partial charge in [-0.1, -0.05) is 57.7 Å². The summed E-state index contributed by atoms with van der Waals surface area (Å²) in [7, 11) is 0. The predicted octanol–water partition coefficient (Wildman–Crippen LogP) is 7.46. The summed E-state index contributed by atoms with van der Waals surface area (Å²) in [4.78, 5) is 12.4. The first-order valence-electron chi connectivity index (χ1n) is 11.2. The molecule has 0 aromatic heterocycles. The van der Waals surface area contributed by atoms with Gasteiger partial charge in [0, 0.05) is 0 Å². The molecule has 0 N–H and O–H groups in total. The smallest absolute Gasteiger partial charge is 0.343 e. The fraction of sp³-hybridized carbons (Fsp3) is 0.500. The van der Waals surface area contributed by atoms with Crippen LogP contribution in [0.2, 0.25) is 0 Å². The van der Waals surface area contributed by atoms with Gasteiger partial charge in [0.1, 0.15) is 0 Å². The van der Waals surface area contributed by atoms with Gasteiger partial charge in [-0.05, 0) is 79.3 Å². The topological polar surface area (TPSA) is 26.3 Å². The second kappa shape index (κ2) is 10.6. The van der Waals surface area contributed by atoms with Crippen molar-refractivity contribution in [1.82, 2.24) is 0 Å². The van der Waals surface area contributed by atoms with Crippen LogP contribution >= 0.6 is 0 Å². The molecular weight excluding hydrogens is 363 g/mol. The van der Waals surface area contributed by atoms with Crippen molar-refractivity contribution in [3.8, 4) is 5.75 Å². The molecule has 3 rings (SSSR count).